The van der Waals surface area contributed by atoms with Gasteiger partial charge in [0.05, 0.1) is 143 Å². The number of amides is 2. The Morgan fingerprint density at radius 2 is 1.25 bits per heavy atom. The average Bonchev–Trinajstić information content (AvgIpc) is 3.58. The topological polar surface area (TPSA) is 192 Å². The predicted octanol–water partition coefficient (Wildman–Crippen LogP) is 1.54. The number of carbonyl (C=O) groups excluding carboxylic acids is 2. The molecule has 1 aliphatic rings. The lowest BCUT2D eigenvalue weighted by molar-refractivity contribution is -0.126. The molecule has 0 aliphatic carbocycles. The number of rotatable bonds is 34. The maximum atomic E-state index is 12.3. The van der Waals surface area contributed by atoms with Gasteiger partial charge in [-0.05, 0) is 11.8 Å². The number of ether oxygens (including phenoxy) is 9. The van der Waals surface area contributed by atoms with E-state index in [-0.39, 0.29) is 30.5 Å². The summed E-state index contributed by atoms with van der Waals surface area (Å²) >= 11 is 1.32. The fourth-order valence-corrected chi connectivity index (χ4v) is 5.47. The Labute approximate surface area is 318 Å². The highest BCUT2D eigenvalue weighted by atomic mass is 32.2. The SMILES string of the molecule is C=C(O)C1CSC(CC(=O)NCc2cn(CCOCCOCCOCCOCCOCCOCCOCCOCCOCCC(C)(C)C)nn2)C(=O)N1. The first-order valence-electron chi connectivity index (χ1n) is 18.3. The molecule has 2 amide bonds. The highest BCUT2D eigenvalue weighted by Gasteiger charge is 2.31. The van der Waals surface area contributed by atoms with Crippen molar-refractivity contribution in [1.29, 1.82) is 0 Å². The van der Waals surface area contributed by atoms with Gasteiger partial charge in [0.25, 0.3) is 0 Å². The van der Waals surface area contributed by atoms with E-state index >= 15 is 0 Å². The molecule has 0 aromatic carbocycles. The maximum Gasteiger partial charge on any atom is 0.234 e. The molecule has 53 heavy (non-hydrogen) atoms. The van der Waals surface area contributed by atoms with Gasteiger partial charge in [0, 0.05) is 18.8 Å². The van der Waals surface area contributed by atoms with Crippen LogP contribution < -0.4 is 10.6 Å². The van der Waals surface area contributed by atoms with Crippen molar-refractivity contribution in [1.82, 2.24) is 25.6 Å². The largest absolute Gasteiger partial charge is 0.511 e. The molecule has 2 unspecified atom stereocenters. The summed E-state index contributed by atoms with van der Waals surface area (Å²) in [5.74, 6) is -0.184. The molecule has 2 atom stereocenters. The van der Waals surface area contributed by atoms with Gasteiger partial charge in [-0.15, -0.1) is 16.9 Å². The molecule has 18 heteroatoms. The van der Waals surface area contributed by atoms with Gasteiger partial charge in [0.15, 0.2) is 0 Å². The van der Waals surface area contributed by atoms with Crippen LogP contribution in [0.3, 0.4) is 0 Å². The first-order chi connectivity index (χ1) is 25.6. The Kier molecular flexibility index (Phi) is 26.4. The molecular formula is C35H63N5O12S. The van der Waals surface area contributed by atoms with Crippen molar-refractivity contribution in [2.45, 2.75) is 58.0 Å². The molecule has 0 saturated carbocycles. The second kappa shape index (κ2) is 29.9. The normalized spacial score (nSPS) is 16.2. The van der Waals surface area contributed by atoms with Crippen LogP contribution in [0.4, 0.5) is 0 Å². The highest BCUT2D eigenvalue weighted by Crippen LogP contribution is 2.23. The van der Waals surface area contributed by atoms with Crippen molar-refractivity contribution in [3.63, 3.8) is 0 Å². The van der Waals surface area contributed by atoms with Gasteiger partial charge in [-0.25, -0.2) is 4.68 Å². The molecular weight excluding hydrogens is 714 g/mol. The van der Waals surface area contributed by atoms with Crippen LogP contribution in [0.25, 0.3) is 0 Å². The summed E-state index contributed by atoms with van der Waals surface area (Å²) in [5, 5.41) is 22.4. The Balaban J connectivity index is 1.25. The number of hydrogen-bond acceptors (Lipinski definition) is 15. The van der Waals surface area contributed by atoms with Gasteiger partial charge < -0.3 is 58.4 Å². The average molecular weight is 778 g/mol. The second-order valence-corrected chi connectivity index (χ2v) is 14.4. The molecule has 2 rings (SSSR count). The molecule has 0 bridgehead atoms. The number of aliphatic hydroxyl groups excluding tert-OH is 1. The maximum absolute atomic E-state index is 12.3. The number of hydrogen-bond donors (Lipinski definition) is 3. The Bertz CT molecular complexity index is 1110. The number of nitrogens with zero attached hydrogens (tertiary/aromatic N) is 3. The van der Waals surface area contributed by atoms with Crippen molar-refractivity contribution < 1.29 is 57.3 Å². The van der Waals surface area contributed by atoms with Crippen LogP contribution in [0, 0.1) is 5.41 Å². The summed E-state index contributed by atoms with van der Waals surface area (Å²) in [4.78, 5) is 24.4. The van der Waals surface area contributed by atoms with Gasteiger partial charge in [-0.1, -0.05) is 32.6 Å². The fraction of sp³-hybridized carbons (Fsp3) is 0.829. The minimum atomic E-state index is -0.516. The standard InChI is InChI=1S/C35H63N5O12S/c1-29(41)31-28-53-32(34(43)37-31)25-33(42)36-26-30-27-40(39-38-30)6-8-45-10-12-47-14-16-49-18-20-51-22-24-52-23-21-50-19-17-48-15-13-46-11-9-44-7-5-35(2,3)4/h27,31-32,41H,1,5-26,28H2,2-4H3,(H,36,42)(H,37,43). The zero-order valence-electron chi connectivity index (χ0n) is 31.9. The molecule has 2 heterocycles. The first-order valence-corrected chi connectivity index (χ1v) is 19.3. The molecule has 1 aromatic rings. The molecule has 1 aliphatic heterocycles. The molecule has 0 radical (unpaired) electrons. The quantitative estimate of drug-likeness (QED) is 0.0674. The minimum absolute atomic E-state index is 0.0328. The van der Waals surface area contributed by atoms with Crippen LogP contribution in [0.2, 0.25) is 0 Å². The van der Waals surface area contributed by atoms with E-state index < -0.39 is 11.3 Å². The highest BCUT2D eigenvalue weighted by molar-refractivity contribution is 8.00. The fourth-order valence-electron chi connectivity index (χ4n) is 4.28. The van der Waals surface area contributed by atoms with E-state index in [1.165, 1.54) is 11.8 Å². The summed E-state index contributed by atoms with van der Waals surface area (Å²) in [6.45, 7) is 20.0. The number of nitrogens with one attached hydrogen (secondary N) is 2. The lowest BCUT2D eigenvalue weighted by Gasteiger charge is -2.27. The minimum Gasteiger partial charge on any atom is -0.511 e. The van der Waals surface area contributed by atoms with Crippen LogP contribution in [0.15, 0.2) is 18.5 Å². The Morgan fingerprint density at radius 3 is 1.66 bits per heavy atom. The lowest BCUT2D eigenvalue weighted by Crippen LogP contribution is -2.48. The summed E-state index contributed by atoms with van der Waals surface area (Å²) in [6, 6.07) is -0.486. The van der Waals surface area contributed by atoms with Crippen molar-refractivity contribution >= 4 is 23.6 Å². The predicted molar refractivity (Wildman–Crippen MR) is 198 cm³/mol. The van der Waals surface area contributed by atoms with E-state index in [2.05, 4.69) is 48.3 Å². The second-order valence-electron chi connectivity index (χ2n) is 13.2. The number of aliphatic hydroxyl groups is 1. The zero-order chi connectivity index (χ0) is 38.4. The molecule has 1 saturated heterocycles. The van der Waals surface area contributed by atoms with Crippen molar-refractivity contribution in [3.05, 3.63) is 24.2 Å². The summed E-state index contributed by atoms with van der Waals surface area (Å²) in [6.07, 6.45) is 2.80. The van der Waals surface area contributed by atoms with E-state index in [0.717, 1.165) is 13.0 Å². The van der Waals surface area contributed by atoms with Crippen molar-refractivity contribution in [3.8, 4) is 0 Å². The van der Waals surface area contributed by atoms with Crippen LogP contribution in [-0.4, -0.2) is 168 Å². The van der Waals surface area contributed by atoms with Crippen LogP contribution in [-0.2, 0) is 65.3 Å². The van der Waals surface area contributed by atoms with E-state index in [4.69, 9.17) is 42.6 Å². The molecule has 3 N–H and O–H groups in total. The van der Waals surface area contributed by atoms with Crippen molar-refractivity contribution in [2.75, 3.05) is 125 Å². The van der Waals surface area contributed by atoms with Gasteiger partial charge in [-0.2, -0.15) is 0 Å². The lowest BCUT2D eigenvalue weighted by atomic mass is 9.93. The van der Waals surface area contributed by atoms with Gasteiger partial charge in [-0.3, -0.25) is 9.59 Å². The third-order valence-corrected chi connectivity index (χ3v) is 8.64. The Morgan fingerprint density at radius 1 is 0.811 bits per heavy atom. The third-order valence-electron chi connectivity index (χ3n) is 7.34. The number of thioether (sulfide) groups is 1. The summed E-state index contributed by atoms with van der Waals surface area (Å²) in [7, 11) is 0. The van der Waals surface area contributed by atoms with Gasteiger partial charge in [0.1, 0.15) is 11.5 Å². The van der Waals surface area contributed by atoms with E-state index in [1.807, 2.05) is 0 Å². The van der Waals surface area contributed by atoms with E-state index in [1.54, 1.807) is 10.9 Å². The monoisotopic (exact) mass is 777 g/mol. The summed E-state index contributed by atoms with van der Waals surface area (Å²) < 4.78 is 51.2. The van der Waals surface area contributed by atoms with E-state index in [0.29, 0.717) is 136 Å². The molecule has 1 aromatic heterocycles. The number of carbonyl (C=O) groups is 2. The summed E-state index contributed by atoms with van der Waals surface area (Å²) in [5.41, 5.74) is 0.890. The number of aromatic nitrogens is 3. The zero-order valence-corrected chi connectivity index (χ0v) is 32.7. The van der Waals surface area contributed by atoms with Crippen LogP contribution >= 0.6 is 11.8 Å². The van der Waals surface area contributed by atoms with Crippen molar-refractivity contribution in [2.24, 2.45) is 5.41 Å². The molecule has 1 fully saturated rings. The molecule has 306 valence electrons. The van der Waals surface area contributed by atoms with E-state index in [9.17, 15) is 14.7 Å². The van der Waals surface area contributed by atoms with Crippen LogP contribution in [0.1, 0.15) is 39.3 Å². The first kappa shape index (κ1) is 46.8. The van der Waals surface area contributed by atoms with Crippen LogP contribution in [0.5, 0.6) is 0 Å². The smallest absolute Gasteiger partial charge is 0.234 e. The Hall–Kier alpha value is -2.39. The van der Waals surface area contributed by atoms with Gasteiger partial charge >= 0.3 is 0 Å². The van der Waals surface area contributed by atoms with Gasteiger partial charge in [0.2, 0.25) is 11.8 Å². The third kappa shape index (κ3) is 26.1. The molecule has 0 spiro atoms. The molecule has 17 nitrogen and oxygen atoms in total.